The van der Waals surface area contributed by atoms with E-state index < -0.39 is 10.0 Å². The Kier molecular flexibility index (Phi) is 4.46. The molecule has 20 heavy (non-hydrogen) atoms. The average Bonchev–Trinajstić information content (AvgIpc) is 2.36. The zero-order valence-electron chi connectivity index (χ0n) is 10.9. The number of aromatic nitrogens is 1. The maximum Gasteiger partial charge on any atom is 0.208 e. The van der Waals surface area contributed by atoms with E-state index in [1.807, 2.05) is 12.1 Å². The van der Waals surface area contributed by atoms with Gasteiger partial charge in [0.2, 0.25) is 10.0 Å². The first-order valence-corrected chi connectivity index (χ1v) is 8.57. The van der Waals surface area contributed by atoms with Gasteiger partial charge in [0.15, 0.2) is 0 Å². The maximum atomic E-state index is 11.0. The summed E-state index contributed by atoms with van der Waals surface area (Å²) in [7, 11) is -3.17. The highest BCUT2D eigenvalue weighted by atomic mass is 79.9. The third-order valence-corrected chi connectivity index (χ3v) is 3.82. The molecule has 0 saturated carbocycles. The summed E-state index contributed by atoms with van der Waals surface area (Å²) in [5, 5.41) is 3.99. The summed E-state index contributed by atoms with van der Waals surface area (Å²) < 4.78 is 25.2. The molecule has 1 aromatic carbocycles. The fraction of sp³-hybridized carbons (Fsp3) is 0.250. The molecule has 0 bridgehead atoms. The zero-order chi connectivity index (χ0) is 14.8. The number of nitrogens with zero attached hydrogens (tertiary/aromatic N) is 1. The van der Waals surface area contributed by atoms with Crippen LogP contribution in [0.1, 0.15) is 0 Å². The number of halogens is 1. The van der Waals surface area contributed by atoms with Crippen molar-refractivity contribution in [3.8, 4) is 0 Å². The van der Waals surface area contributed by atoms with Gasteiger partial charge in [0.25, 0.3) is 0 Å². The predicted octanol–water partition coefficient (Wildman–Crippen LogP) is 1.54. The van der Waals surface area contributed by atoms with Crippen molar-refractivity contribution >= 4 is 48.2 Å². The summed E-state index contributed by atoms with van der Waals surface area (Å²) in [6.07, 6.45) is 2.83. The highest BCUT2D eigenvalue weighted by Crippen LogP contribution is 2.28. The Labute approximate surface area is 125 Å². The molecule has 6 nitrogen and oxygen atoms in total. The van der Waals surface area contributed by atoms with E-state index in [1.54, 1.807) is 12.3 Å². The van der Waals surface area contributed by atoms with Gasteiger partial charge in [-0.3, -0.25) is 4.98 Å². The van der Waals surface area contributed by atoms with Crippen LogP contribution in [0.15, 0.2) is 28.9 Å². The van der Waals surface area contributed by atoms with Crippen LogP contribution in [0.2, 0.25) is 0 Å². The number of pyridine rings is 1. The Morgan fingerprint density at radius 3 is 2.80 bits per heavy atom. The van der Waals surface area contributed by atoms with Crippen molar-refractivity contribution < 1.29 is 8.42 Å². The number of nitrogens with two attached hydrogens (primary N) is 1. The number of hydrogen-bond donors (Lipinski definition) is 3. The van der Waals surface area contributed by atoms with Crippen LogP contribution in [0.5, 0.6) is 0 Å². The van der Waals surface area contributed by atoms with Gasteiger partial charge in [-0.2, -0.15) is 0 Å². The number of anilines is 2. The van der Waals surface area contributed by atoms with Crippen molar-refractivity contribution in [2.24, 2.45) is 0 Å². The van der Waals surface area contributed by atoms with Crippen LogP contribution in [0, 0.1) is 0 Å². The molecular formula is C12H15BrN4O2S. The van der Waals surface area contributed by atoms with Gasteiger partial charge in [-0.05, 0) is 34.1 Å². The molecule has 1 aromatic heterocycles. The Bertz CT molecular complexity index is 734. The van der Waals surface area contributed by atoms with E-state index in [4.69, 9.17) is 5.73 Å². The van der Waals surface area contributed by atoms with Crippen LogP contribution < -0.4 is 15.8 Å². The zero-order valence-corrected chi connectivity index (χ0v) is 13.3. The van der Waals surface area contributed by atoms with E-state index in [9.17, 15) is 8.42 Å². The SMILES string of the molecule is CS(=O)(=O)NCCNc1ccc(N)c2cc(Br)cnc12. The van der Waals surface area contributed by atoms with Gasteiger partial charge in [-0.15, -0.1) is 0 Å². The highest BCUT2D eigenvalue weighted by molar-refractivity contribution is 9.10. The molecule has 0 aliphatic heterocycles. The van der Waals surface area contributed by atoms with Gasteiger partial charge in [0, 0.05) is 34.8 Å². The highest BCUT2D eigenvalue weighted by Gasteiger charge is 2.06. The molecule has 4 N–H and O–H groups in total. The molecule has 0 saturated heterocycles. The lowest BCUT2D eigenvalue weighted by Crippen LogP contribution is -2.27. The minimum Gasteiger partial charge on any atom is -0.398 e. The van der Waals surface area contributed by atoms with E-state index in [-0.39, 0.29) is 0 Å². The summed E-state index contributed by atoms with van der Waals surface area (Å²) in [6.45, 7) is 0.769. The van der Waals surface area contributed by atoms with Crippen LogP contribution in [-0.4, -0.2) is 32.7 Å². The second-order valence-electron chi connectivity index (χ2n) is 4.35. The topological polar surface area (TPSA) is 97.1 Å². The smallest absolute Gasteiger partial charge is 0.208 e. The summed E-state index contributed by atoms with van der Waals surface area (Å²) in [6, 6.07) is 5.53. The molecule has 0 amide bonds. The third-order valence-electron chi connectivity index (χ3n) is 2.65. The van der Waals surface area contributed by atoms with Gasteiger partial charge >= 0.3 is 0 Å². The molecule has 108 valence electrons. The van der Waals surface area contributed by atoms with Crippen LogP contribution in [-0.2, 0) is 10.0 Å². The van der Waals surface area contributed by atoms with Crippen LogP contribution in [0.3, 0.4) is 0 Å². The number of nitrogen functional groups attached to an aromatic ring is 1. The summed E-state index contributed by atoms with van der Waals surface area (Å²) >= 11 is 3.36. The molecular weight excluding hydrogens is 344 g/mol. The Hall–Kier alpha value is -1.38. The lowest BCUT2D eigenvalue weighted by Gasteiger charge is -2.11. The van der Waals surface area contributed by atoms with Crippen molar-refractivity contribution in [2.75, 3.05) is 30.4 Å². The summed E-state index contributed by atoms with van der Waals surface area (Å²) in [5.74, 6) is 0. The van der Waals surface area contributed by atoms with Gasteiger partial charge < -0.3 is 11.1 Å². The molecule has 1 heterocycles. The molecule has 0 unspecified atom stereocenters. The first-order valence-electron chi connectivity index (χ1n) is 5.89. The molecule has 0 spiro atoms. The minimum absolute atomic E-state index is 0.307. The number of nitrogens with one attached hydrogen (secondary N) is 2. The molecule has 8 heteroatoms. The average molecular weight is 359 g/mol. The lowest BCUT2D eigenvalue weighted by molar-refractivity contribution is 0.589. The van der Waals surface area contributed by atoms with E-state index >= 15 is 0 Å². The van der Waals surface area contributed by atoms with E-state index in [0.717, 1.165) is 27.3 Å². The first kappa shape index (κ1) is 15.0. The second-order valence-corrected chi connectivity index (χ2v) is 7.09. The molecule has 0 atom stereocenters. The number of rotatable bonds is 5. The molecule has 0 fully saturated rings. The van der Waals surface area contributed by atoms with Crippen molar-refractivity contribution in [3.63, 3.8) is 0 Å². The molecule has 0 aliphatic rings. The van der Waals surface area contributed by atoms with Gasteiger partial charge in [0.1, 0.15) is 0 Å². The Morgan fingerprint density at radius 1 is 1.35 bits per heavy atom. The number of benzene rings is 1. The minimum atomic E-state index is -3.17. The monoisotopic (exact) mass is 358 g/mol. The second kappa shape index (κ2) is 5.94. The van der Waals surface area contributed by atoms with Gasteiger partial charge in [-0.1, -0.05) is 0 Å². The standard InChI is InChI=1S/C12H15BrN4O2S/c1-20(18,19)17-5-4-15-11-3-2-10(14)9-6-8(13)7-16-12(9)11/h2-3,6-7,15,17H,4-5,14H2,1H3. The fourth-order valence-electron chi connectivity index (χ4n) is 1.79. The van der Waals surface area contributed by atoms with Gasteiger partial charge in [-0.25, -0.2) is 13.1 Å². The Morgan fingerprint density at radius 2 is 2.10 bits per heavy atom. The molecule has 2 aromatic rings. The predicted molar refractivity (Wildman–Crippen MR) is 85.2 cm³/mol. The first-order chi connectivity index (χ1) is 9.37. The quantitative estimate of drug-likeness (QED) is 0.556. The number of sulfonamides is 1. The maximum absolute atomic E-state index is 11.0. The van der Waals surface area contributed by atoms with Crippen molar-refractivity contribution in [2.45, 2.75) is 0 Å². The van der Waals surface area contributed by atoms with E-state index in [1.165, 1.54) is 0 Å². The lowest BCUT2D eigenvalue weighted by atomic mass is 10.1. The summed E-state index contributed by atoms with van der Waals surface area (Å²) in [5.41, 5.74) is 8.15. The van der Waals surface area contributed by atoms with E-state index in [2.05, 4.69) is 31.0 Å². The van der Waals surface area contributed by atoms with Crippen molar-refractivity contribution in [1.82, 2.24) is 9.71 Å². The van der Waals surface area contributed by atoms with Crippen molar-refractivity contribution in [1.29, 1.82) is 0 Å². The third kappa shape index (κ3) is 3.81. The molecule has 2 rings (SSSR count). The largest absolute Gasteiger partial charge is 0.398 e. The normalized spacial score (nSPS) is 11.7. The van der Waals surface area contributed by atoms with E-state index in [0.29, 0.717) is 18.8 Å². The number of hydrogen-bond acceptors (Lipinski definition) is 5. The van der Waals surface area contributed by atoms with Gasteiger partial charge in [0.05, 0.1) is 17.5 Å². The molecule has 0 aliphatic carbocycles. The van der Waals surface area contributed by atoms with Crippen LogP contribution in [0.4, 0.5) is 11.4 Å². The molecule has 0 radical (unpaired) electrons. The van der Waals surface area contributed by atoms with Crippen molar-refractivity contribution in [3.05, 3.63) is 28.9 Å². The van der Waals surface area contributed by atoms with Crippen LogP contribution >= 0.6 is 15.9 Å². The fourth-order valence-corrected chi connectivity index (χ4v) is 2.60. The number of fused-ring (bicyclic) bond motifs is 1. The Balaban J connectivity index is 2.17. The van der Waals surface area contributed by atoms with Crippen LogP contribution in [0.25, 0.3) is 10.9 Å². The summed E-state index contributed by atoms with van der Waals surface area (Å²) in [4.78, 5) is 4.34.